The van der Waals surface area contributed by atoms with E-state index in [0.29, 0.717) is 0 Å². The van der Waals surface area contributed by atoms with Crippen LogP contribution in [0.2, 0.25) is 0 Å². The molecule has 7 heteroatoms. The Morgan fingerprint density at radius 2 is 2.05 bits per heavy atom. The summed E-state index contributed by atoms with van der Waals surface area (Å²) in [6.07, 6.45) is 0.817. The molecular formula is C15H23N5OS. The monoisotopic (exact) mass is 321 g/mol. The van der Waals surface area contributed by atoms with Crippen LogP contribution in [0.1, 0.15) is 42.3 Å². The van der Waals surface area contributed by atoms with Gasteiger partial charge in [0.15, 0.2) is 5.82 Å². The molecule has 0 bridgehead atoms. The molecule has 1 unspecified atom stereocenters. The van der Waals surface area contributed by atoms with Crippen molar-refractivity contribution in [3.8, 4) is 0 Å². The molecule has 6 nitrogen and oxygen atoms in total. The van der Waals surface area contributed by atoms with Crippen LogP contribution >= 0.6 is 11.3 Å². The number of hydrogen-bond acceptors (Lipinski definition) is 7. The van der Waals surface area contributed by atoms with Gasteiger partial charge in [0, 0.05) is 44.5 Å². The van der Waals surface area contributed by atoms with Gasteiger partial charge in [-0.25, -0.2) is 4.98 Å². The van der Waals surface area contributed by atoms with Gasteiger partial charge >= 0.3 is 0 Å². The summed E-state index contributed by atoms with van der Waals surface area (Å²) in [5, 5.41) is 7.30. The standard InChI is InChI=1S/C15H23N5OS/c1-4-14-17-15(21-18-14)11(2)20-7-5-19(6-8-20)9-13-10-22-12(3)16-13/h10-11H,4-9H2,1-3H3. The molecule has 1 saturated heterocycles. The highest BCUT2D eigenvalue weighted by atomic mass is 32.1. The molecule has 0 aromatic carbocycles. The molecule has 0 N–H and O–H groups in total. The molecule has 1 aliphatic heterocycles. The minimum absolute atomic E-state index is 0.191. The smallest absolute Gasteiger partial charge is 0.243 e. The predicted octanol–water partition coefficient (Wildman–Crippen LogP) is 2.28. The summed E-state index contributed by atoms with van der Waals surface area (Å²) in [6, 6.07) is 0.191. The van der Waals surface area contributed by atoms with Crippen molar-refractivity contribution in [2.75, 3.05) is 26.2 Å². The fourth-order valence-electron chi connectivity index (χ4n) is 2.76. The van der Waals surface area contributed by atoms with E-state index >= 15 is 0 Å². The molecule has 1 fully saturated rings. The van der Waals surface area contributed by atoms with Gasteiger partial charge in [0.2, 0.25) is 5.89 Å². The summed E-state index contributed by atoms with van der Waals surface area (Å²) < 4.78 is 5.37. The van der Waals surface area contributed by atoms with E-state index in [2.05, 4.69) is 44.2 Å². The molecule has 0 amide bonds. The van der Waals surface area contributed by atoms with Crippen molar-refractivity contribution in [2.24, 2.45) is 0 Å². The Morgan fingerprint density at radius 3 is 2.64 bits per heavy atom. The minimum atomic E-state index is 0.191. The second kappa shape index (κ2) is 6.85. The molecule has 22 heavy (non-hydrogen) atoms. The van der Waals surface area contributed by atoms with Gasteiger partial charge in [-0.3, -0.25) is 9.80 Å². The topological polar surface area (TPSA) is 58.3 Å². The maximum absolute atomic E-state index is 5.37. The van der Waals surface area contributed by atoms with Crippen LogP contribution in [0.4, 0.5) is 0 Å². The predicted molar refractivity (Wildman–Crippen MR) is 85.8 cm³/mol. The summed E-state index contributed by atoms with van der Waals surface area (Å²) >= 11 is 1.72. The van der Waals surface area contributed by atoms with Crippen LogP contribution in [0.5, 0.6) is 0 Å². The summed E-state index contributed by atoms with van der Waals surface area (Å²) in [4.78, 5) is 13.9. The normalized spacial score (nSPS) is 18.7. The van der Waals surface area contributed by atoms with Gasteiger partial charge in [-0.1, -0.05) is 12.1 Å². The second-order valence-electron chi connectivity index (χ2n) is 5.75. The van der Waals surface area contributed by atoms with Crippen LogP contribution in [-0.4, -0.2) is 51.1 Å². The van der Waals surface area contributed by atoms with Gasteiger partial charge < -0.3 is 4.52 Å². The van der Waals surface area contributed by atoms with Crippen molar-refractivity contribution < 1.29 is 4.52 Å². The lowest BCUT2D eigenvalue weighted by Crippen LogP contribution is -2.46. The highest BCUT2D eigenvalue weighted by Gasteiger charge is 2.25. The number of rotatable bonds is 5. The van der Waals surface area contributed by atoms with Crippen molar-refractivity contribution in [1.82, 2.24) is 24.9 Å². The Bertz CT molecular complexity index is 603. The molecule has 0 spiro atoms. The summed E-state index contributed by atoms with van der Waals surface area (Å²) in [5.41, 5.74) is 1.19. The number of aromatic nitrogens is 3. The van der Waals surface area contributed by atoms with Crippen LogP contribution in [-0.2, 0) is 13.0 Å². The van der Waals surface area contributed by atoms with E-state index in [1.807, 2.05) is 6.92 Å². The fourth-order valence-corrected chi connectivity index (χ4v) is 3.36. The maximum atomic E-state index is 5.37. The second-order valence-corrected chi connectivity index (χ2v) is 6.81. The van der Waals surface area contributed by atoms with E-state index < -0.39 is 0 Å². The summed E-state index contributed by atoms with van der Waals surface area (Å²) in [7, 11) is 0. The molecule has 0 aliphatic carbocycles. The number of aryl methyl sites for hydroxylation is 2. The van der Waals surface area contributed by atoms with Gasteiger partial charge in [0.25, 0.3) is 0 Å². The largest absolute Gasteiger partial charge is 0.338 e. The molecular weight excluding hydrogens is 298 g/mol. The Balaban J connectivity index is 1.52. The molecule has 1 atom stereocenters. The Labute approximate surface area is 135 Å². The SMILES string of the molecule is CCc1noc(C(C)N2CCN(Cc3csc(C)n3)CC2)n1. The number of nitrogens with zero attached hydrogens (tertiary/aromatic N) is 5. The molecule has 3 heterocycles. The van der Waals surface area contributed by atoms with E-state index in [1.165, 1.54) is 5.69 Å². The molecule has 0 radical (unpaired) electrons. The van der Waals surface area contributed by atoms with Crippen molar-refractivity contribution in [1.29, 1.82) is 0 Å². The Hall–Kier alpha value is -1.31. The molecule has 1 aliphatic rings. The van der Waals surface area contributed by atoms with Crippen LogP contribution in [0.25, 0.3) is 0 Å². The quantitative estimate of drug-likeness (QED) is 0.842. The average molecular weight is 321 g/mol. The van der Waals surface area contributed by atoms with Gasteiger partial charge in [0.1, 0.15) is 0 Å². The lowest BCUT2D eigenvalue weighted by atomic mass is 10.2. The fraction of sp³-hybridized carbons (Fsp3) is 0.667. The zero-order valence-electron chi connectivity index (χ0n) is 13.4. The van der Waals surface area contributed by atoms with E-state index in [1.54, 1.807) is 11.3 Å². The van der Waals surface area contributed by atoms with E-state index in [0.717, 1.165) is 55.9 Å². The third-order valence-electron chi connectivity index (χ3n) is 4.16. The van der Waals surface area contributed by atoms with E-state index in [-0.39, 0.29) is 6.04 Å². The van der Waals surface area contributed by atoms with Crippen LogP contribution in [0.15, 0.2) is 9.90 Å². The zero-order valence-corrected chi connectivity index (χ0v) is 14.3. The first-order valence-corrected chi connectivity index (χ1v) is 8.73. The zero-order chi connectivity index (χ0) is 15.5. The maximum Gasteiger partial charge on any atom is 0.243 e. The lowest BCUT2D eigenvalue weighted by molar-refractivity contribution is 0.0839. The molecule has 3 rings (SSSR count). The summed E-state index contributed by atoms with van der Waals surface area (Å²) in [6.45, 7) is 11.3. The van der Waals surface area contributed by atoms with Gasteiger partial charge in [-0.2, -0.15) is 4.98 Å². The number of piperazine rings is 1. The average Bonchev–Trinajstić information content (AvgIpc) is 3.16. The van der Waals surface area contributed by atoms with E-state index in [9.17, 15) is 0 Å². The molecule has 120 valence electrons. The van der Waals surface area contributed by atoms with Crippen molar-refractivity contribution in [3.63, 3.8) is 0 Å². The third-order valence-corrected chi connectivity index (χ3v) is 4.99. The summed E-state index contributed by atoms with van der Waals surface area (Å²) in [5.74, 6) is 1.53. The van der Waals surface area contributed by atoms with Crippen molar-refractivity contribution in [2.45, 2.75) is 39.8 Å². The van der Waals surface area contributed by atoms with Crippen LogP contribution in [0, 0.1) is 6.92 Å². The van der Waals surface area contributed by atoms with Gasteiger partial charge in [0.05, 0.1) is 16.7 Å². The van der Waals surface area contributed by atoms with Crippen molar-refractivity contribution in [3.05, 3.63) is 27.8 Å². The molecule has 2 aromatic rings. The first-order valence-electron chi connectivity index (χ1n) is 7.85. The Morgan fingerprint density at radius 1 is 1.27 bits per heavy atom. The first-order chi connectivity index (χ1) is 10.7. The van der Waals surface area contributed by atoms with Crippen molar-refractivity contribution >= 4 is 11.3 Å². The highest BCUT2D eigenvalue weighted by Crippen LogP contribution is 2.21. The lowest BCUT2D eigenvalue weighted by Gasteiger charge is -2.36. The highest BCUT2D eigenvalue weighted by molar-refractivity contribution is 7.09. The number of hydrogen-bond donors (Lipinski definition) is 0. The Kier molecular flexibility index (Phi) is 4.85. The van der Waals surface area contributed by atoms with Crippen LogP contribution < -0.4 is 0 Å². The molecule has 2 aromatic heterocycles. The van der Waals surface area contributed by atoms with E-state index in [4.69, 9.17) is 4.52 Å². The minimum Gasteiger partial charge on any atom is -0.338 e. The first kappa shape index (κ1) is 15.6. The van der Waals surface area contributed by atoms with Crippen LogP contribution in [0.3, 0.4) is 0 Å². The number of thiazole rings is 1. The van der Waals surface area contributed by atoms with Gasteiger partial charge in [-0.05, 0) is 13.8 Å². The third kappa shape index (κ3) is 3.53. The molecule has 0 saturated carbocycles. The van der Waals surface area contributed by atoms with Gasteiger partial charge in [-0.15, -0.1) is 11.3 Å².